The predicted octanol–water partition coefficient (Wildman–Crippen LogP) is 4.02. The van der Waals surface area contributed by atoms with E-state index in [1.54, 1.807) is 42.5 Å². The van der Waals surface area contributed by atoms with E-state index in [1.807, 2.05) is 19.1 Å². The van der Waals surface area contributed by atoms with Crippen molar-refractivity contribution in [2.75, 3.05) is 25.6 Å². The van der Waals surface area contributed by atoms with Crippen molar-refractivity contribution in [3.05, 3.63) is 66.7 Å². The highest BCUT2D eigenvalue weighted by molar-refractivity contribution is 8.15. The van der Waals surface area contributed by atoms with Gasteiger partial charge >= 0.3 is 5.97 Å². The number of ether oxygens (including phenoxy) is 2. The number of para-hydroxylation sites is 1. The molecule has 0 spiro atoms. The number of amides is 2. The van der Waals surface area contributed by atoms with Crippen molar-refractivity contribution < 1.29 is 23.9 Å². The van der Waals surface area contributed by atoms with Gasteiger partial charge in [-0.15, -0.1) is 6.58 Å². The Morgan fingerprint density at radius 1 is 1.21 bits per heavy atom. The lowest BCUT2D eigenvalue weighted by Gasteiger charge is -2.14. The minimum Gasteiger partial charge on any atom is -0.494 e. The van der Waals surface area contributed by atoms with Gasteiger partial charge in [-0.25, -0.2) is 9.79 Å². The van der Waals surface area contributed by atoms with Gasteiger partial charge in [-0.2, -0.15) is 0 Å². The molecule has 1 heterocycles. The molecule has 2 aromatic rings. The van der Waals surface area contributed by atoms with Crippen molar-refractivity contribution >= 4 is 46.1 Å². The van der Waals surface area contributed by atoms with Gasteiger partial charge < -0.3 is 14.8 Å². The minimum atomic E-state index is -0.642. The molecule has 2 aromatic carbocycles. The maximum absolute atomic E-state index is 12.9. The van der Waals surface area contributed by atoms with E-state index in [0.29, 0.717) is 23.1 Å². The van der Waals surface area contributed by atoms with Crippen LogP contribution in [0.25, 0.3) is 0 Å². The van der Waals surface area contributed by atoms with Crippen LogP contribution in [0.4, 0.5) is 11.4 Å². The van der Waals surface area contributed by atoms with Gasteiger partial charge in [0.15, 0.2) is 5.17 Å². The standard InChI is InChI=1S/C24H25N3O5S/c1-4-14-27-22(29)20(33-24(27)25-16-10-12-17(13-11-16)32-5-2)15-21(28)26-19-9-7-6-8-18(19)23(30)31-3/h4,6-13,20H,1,5,14-15H2,2-3H3,(H,26,28)/t20-/m0/s1. The summed E-state index contributed by atoms with van der Waals surface area (Å²) in [7, 11) is 1.27. The van der Waals surface area contributed by atoms with E-state index in [-0.39, 0.29) is 24.4 Å². The fraction of sp³-hybridized carbons (Fsp3) is 0.250. The molecule has 0 unspecified atom stereocenters. The van der Waals surface area contributed by atoms with Gasteiger partial charge in [0.05, 0.1) is 30.7 Å². The topological polar surface area (TPSA) is 97.3 Å². The third kappa shape index (κ3) is 6.01. The third-order valence-corrected chi connectivity index (χ3v) is 5.86. The molecule has 0 saturated carbocycles. The highest BCUT2D eigenvalue weighted by atomic mass is 32.2. The number of rotatable bonds is 9. The zero-order chi connectivity index (χ0) is 23.8. The van der Waals surface area contributed by atoms with E-state index in [4.69, 9.17) is 9.47 Å². The molecule has 8 nitrogen and oxygen atoms in total. The number of aliphatic imine (C=N–C) groups is 1. The van der Waals surface area contributed by atoms with Gasteiger partial charge in [0.25, 0.3) is 0 Å². The van der Waals surface area contributed by atoms with Crippen LogP contribution < -0.4 is 10.1 Å². The number of amidine groups is 1. The number of nitrogens with one attached hydrogen (secondary N) is 1. The summed E-state index contributed by atoms with van der Waals surface area (Å²) >= 11 is 1.22. The van der Waals surface area contributed by atoms with Crippen LogP contribution in [0.5, 0.6) is 5.75 Å². The molecule has 2 amide bonds. The highest BCUT2D eigenvalue weighted by Gasteiger charge is 2.38. The number of esters is 1. The summed E-state index contributed by atoms with van der Waals surface area (Å²) in [6.45, 7) is 6.47. The van der Waals surface area contributed by atoms with Crippen molar-refractivity contribution in [3.8, 4) is 5.75 Å². The van der Waals surface area contributed by atoms with Crippen molar-refractivity contribution in [3.63, 3.8) is 0 Å². The number of thioether (sulfide) groups is 1. The first kappa shape index (κ1) is 24.1. The number of methoxy groups -OCH3 is 1. The normalized spacial score (nSPS) is 16.5. The number of nitrogens with zero attached hydrogens (tertiary/aromatic N) is 2. The van der Waals surface area contributed by atoms with Crippen LogP contribution in [-0.4, -0.2) is 53.4 Å². The molecule has 1 aliphatic rings. The second-order valence-electron chi connectivity index (χ2n) is 6.95. The second kappa shape index (κ2) is 11.3. The van der Waals surface area contributed by atoms with Crippen LogP contribution in [0.15, 0.2) is 66.2 Å². The first-order chi connectivity index (χ1) is 16.0. The molecule has 33 heavy (non-hydrogen) atoms. The van der Waals surface area contributed by atoms with E-state index in [9.17, 15) is 14.4 Å². The third-order valence-electron chi connectivity index (χ3n) is 4.68. The number of carbonyl (C=O) groups excluding carboxylic acids is 3. The van der Waals surface area contributed by atoms with E-state index in [2.05, 4.69) is 16.9 Å². The highest BCUT2D eigenvalue weighted by Crippen LogP contribution is 2.32. The molecule has 0 aliphatic carbocycles. The van der Waals surface area contributed by atoms with E-state index < -0.39 is 17.1 Å². The molecular weight excluding hydrogens is 442 g/mol. The Hall–Kier alpha value is -3.59. The van der Waals surface area contributed by atoms with Crippen molar-refractivity contribution in [2.45, 2.75) is 18.6 Å². The van der Waals surface area contributed by atoms with E-state index in [0.717, 1.165) is 5.75 Å². The summed E-state index contributed by atoms with van der Waals surface area (Å²) in [6, 6.07) is 13.8. The quantitative estimate of drug-likeness (QED) is 0.442. The lowest BCUT2D eigenvalue weighted by atomic mass is 10.1. The molecular formula is C24H25N3O5S. The molecule has 0 radical (unpaired) electrons. The lowest BCUT2D eigenvalue weighted by Crippen LogP contribution is -2.33. The summed E-state index contributed by atoms with van der Waals surface area (Å²) in [5.41, 5.74) is 1.24. The zero-order valence-electron chi connectivity index (χ0n) is 18.4. The lowest BCUT2D eigenvalue weighted by molar-refractivity contribution is -0.127. The predicted molar refractivity (Wildman–Crippen MR) is 129 cm³/mol. The van der Waals surface area contributed by atoms with Crippen molar-refractivity contribution in [2.24, 2.45) is 4.99 Å². The van der Waals surface area contributed by atoms with Crippen molar-refractivity contribution in [1.82, 2.24) is 4.90 Å². The van der Waals surface area contributed by atoms with Gasteiger partial charge in [0.1, 0.15) is 11.0 Å². The van der Waals surface area contributed by atoms with Crippen LogP contribution in [0.3, 0.4) is 0 Å². The number of benzene rings is 2. The molecule has 1 aliphatic heterocycles. The zero-order valence-corrected chi connectivity index (χ0v) is 19.3. The van der Waals surface area contributed by atoms with Crippen LogP contribution in [-0.2, 0) is 14.3 Å². The molecule has 172 valence electrons. The second-order valence-corrected chi connectivity index (χ2v) is 8.12. The number of anilines is 1. The fourth-order valence-electron chi connectivity index (χ4n) is 3.17. The number of hydrogen-bond acceptors (Lipinski definition) is 7. The molecule has 1 saturated heterocycles. The van der Waals surface area contributed by atoms with Gasteiger partial charge in [0.2, 0.25) is 11.8 Å². The average molecular weight is 468 g/mol. The summed E-state index contributed by atoms with van der Waals surface area (Å²) in [5, 5.41) is 2.56. The smallest absolute Gasteiger partial charge is 0.339 e. The maximum atomic E-state index is 12.9. The van der Waals surface area contributed by atoms with Crippen molar-refractivity contribution in [1.29, 1.82) is 0 Å². The molecule has 9 heteroatoms. The largest absolute Gasteiger partial charge is 0.494 e. The van der Waals surface area contributed by atoms with E-state index >= 15 is 0 Å². The Labute approximate surface area is 196 Å². The summed E-state index contributed by atoms with van der Waals surface area (Å²) in [6.07, 6.45) is 1.54. The minimum absolute atomic E-state index is 0.0745. The molecule has 0 bridgehead atoms. The van der Waals surface area contributed by atoms with E-state index in [1.165, 1.54) is 23.8 Å². The number of carbonyl (C=O) groups is 3. The first-order valence-electron chi connectivity index (χ1n) is 10.3. The number of hydrogen-bond donors (Lipinski definition) is 1. The summed E-state index contributed by atoms with van der Waals surface area (Å²) in [4.78, 5) is 43.7. The molecule has 1 fully saturated rings. The Balaban J connectivity index is 1.74. The Morgan fingerprint density at radius 3 is 2.61 bits per heavy atom. The van der Waals surface area contributed by atoms with Crippen LogP contribution >= 0.6 is 11.8 Å². The van der Waals surface area contributed by atoms with Crippen LogP contribution in [0.2, 0.25) is 0 Å². The van der Waals surface area contributed by atoms with Gasteiger partial charge in [-0.05, 0) is 43.3 Å². The van der Waals surface area contributed by atoms with Gasteiger partial charge in [0, 0.05) is 13.0 Å². The Morgan fingerprint density at radius 2 is 1.94 bits per heavy atom. The first-order valence-corrected chi connectivity index (χ1v) is 11.2. The maximum Gasteiger partial charge on any atom is 0.339 e. The Kier molecular flexibility index (Phi) is 8.26. The van der Waals surface area contributed by atoms with Gasteiger partial charge in [-0.1, -0.05) is 30.0 Å². The van der Waals surface area contributed by atoms with Gasteiger partial charge in [-0.3, -0.25) is 14.5 Å². The molecule has 0 aromatic heterocycles. The average Bonchev–Trinajstić information content (AvgIpc) is 3.09. The summed E-state index contributed by atoms with van der Waals surface area (Å²) in [5.74, 6) is -0.431. The monoisotopic (exact) mass is 467 g/mol. The molecule has 1 atom stereocenters. The molecule has 3 rings (SSSR count). The van der Waals surface area contributed by atoms with Crippen LogP contribution in [0, 0.1) is 0 Å². The van der Waals surface area contributed by atoms with Crippen LogP contribution in [0.1, 0.15) is 23.7 Å². The summed E-state index contributed by atoms with van der Waals surface area (Å²) < 4.78 is 10.2. The SMILES string of the molecule is C=CCN1C(=O)[C@H](CC(=O)Nc2ccccc2C(=O)OC)SC1=Nc1ccc(OCC)cc1. The fourth-order valence-corrected chi connectivity index (χ4v) is 4.33. The molecule has 1 N–H and O–H groups in total. The Bertz CT molecular complexity index is 1070.